The first-order valence-electron chi connectivity index (χ1n) is 7.04. The Bertz CT molecular complexity index is 723. The quantitative estimate of drug-likeness (QED) is 0.712. The Morgan fingerprint density at radius 1 is 0.810 bits per heavy atom. The first-order valence-corrected chi connectivity index (χ1v) is 7.58. The molecule has 106 valence electrons. The molecule has 1 aromatic heterocycles. The molecule has 0 saturated carbocycles. The summed E-state index contributed by atoms with van der Waals surface area (Å²) in [6.07, 6.45) is 0. The van der Waals surface area contributed by atoms with E-state index in [1.165, 1.54) is 10.9 Å². The number of para-hydroxylation sites is 1. The summed E-state index contributed by atoms with van der Waals surface area (Å²) in [7, 11) is 0. The van der Waals surface area contributed by atoms with Crippen LogP contribution < -0.4 is 5.32 Å². The molecule has 0 bridgehead atoms. The topological polar surface area (TPSA) is 24.9 Å². The van der Waals surface area contributed by atoms with Crippen LogP contribution in [0.1, 0.15) is 16.8 Å². The molecule has 0 spiro atoms. The van der Waals surface area contributed by atoms with E-state index in [0.29, 0.717) is 5.88 Å². The first-order chi connectivity index (χ1) is 10.3. The van der Waals surface area contributed by atoms with Gasteiger partial charge in [0.05, 0.1) is 11.2 Å². The third kappa shape index (κ3) is 3.60. The summed E-state index contributed by atoms with van der Waals surface area (Å²) in [6, 6.07) is 20.7. The van der Waals surface area contributed by atoms with Gasteiger partial charge >= 0.3 is 0 Å². The molecule has 0 fully saturated rings. The summed E-state index contributed by atoms with van der Waals surface area (Å²) in [5, 5.41) is 4.60. The Balaban J connectivity index is 1.60. The molecule has 3 heteroatoms. The Kier molecular flexibility index (Phi) is 4.49. The Hall–Kier alpha value is -1.90. The van der Waals surface area contributed by atoms with E-state index in [9.17, 15) is 0 Å². The van der Waals surface area contributed by atoms with Crippen LogP contribution >= 0.6 is 11.6 Å². The zero-order chi connectivity index (χ0) is 14.5. The van der Waals surface area contributed by atoms with Crippen molar-refractivity contribution in [2.45, 2.75) is 19.0 Å². The van der Waals surface area contributed by atoms with Gasteiger partial charge in [-0.3, -0.25) is 4.98 Å². The second-order valence-corrected chi connectivity index (χ2v) is 5.32. The molecule has 21 heavy (non-hydrogen) atoms. The van der Waals surface area contributed by atoms with Gasteiger partial charge in [-0.15, -0.1) is 11.6 Å². The molecule has 0 aliphatic heterocycles. The highest BCUT2D eigenvalue weighted by Gasteiger charge is 1.99. The third-order valence-electron chi connectivity index (χ3n) is 3.47. The third-order valence-corrected chi connectivity index (χ3v) is 3.78. The molecule has 0 radical (unpaired) electrons. The van der Waals surface area contributed by atoms with Crippen molar-refractivity contribution >= 4 is 22.5 Å². The highest BCUT2D eigenvalue weighted by molar-refractivity contribution is 6.17. The van der Waals surface area contributed by atoms with Crippen LogP contribution in [0.2, 0.25) is 0 Å². The van der Waals surface area contributed by atoms with E-state index < -0.39 is 0 Å². The Labute approximate surface area is 129 Å². The summed E-state index contributed by atoms with van der Waals surface area (Å²) in [5.74, 6) is 0.564. The number of benzene rings is 2. The predicted octanol–water partition coefficient (Wildman–Crippen LogP) is 4.26. The predicted molar refractivity (Wildman–Crippen MR) is 88.3 cm³/mol. The first kappa shape index (κ1) is 14.1. The maximum atomic E-state index is 5.79. The maximum absolute atomic E-state index is 5.79. The molecule has 3 aromatic rings. The van der Waals surface area contributed by atoms with Gasteiger partial charge in [-0.25, -0.2) is 0 Å². The van der Waals surface area contributed by atoms with Crippen LogP contribution in [0.3, 0.4) is 0 Å². The van der Waals surface area contributed by atoms with Gasteiger partial charge in [-0.1, -0.05) is 48.5 Å². The lowest BCUT2D eigenvalue weighted by Crippen LogP contribution is -2.13. The molecule has 1 N–H and O–H groups in total. The van der Waals surface area contributed by atoms with Gasteiger partial charge in [0.25, 0.3) is 0 Å². The summed E-state index contributed by atoms with van der Waals surface area (Å²) in [5.41, 5.74) is 4.51. The fourth-order valence-corrected chi connectivity index (χ4v) is 2.47. The smallest absolute Gasteiger partial charge is 0.0705 e. The molecule has 2 aromatic carbocycles. The number of halogens is 1. The van der Waals surface area contributed by atoms with Crippen LogP contribution in [-0.2, 0) is 19.0 Å². The molecule has 1 heterocycles. The Morgan fingerprint density at radius 2 is 1.57 bits per heavy atom. The fourth-order valence-electron chi connectivity index (χ4n) is 2.29. The zero-order valence-electron chi connectivity index (χ0n) is 11.7. The number of fused-ring (bicyclic) bond motifs is 1. The molecule has 3 rings (SSSR count). The average molecular weight is 297 g/mol. The lowest BCUT2D eigenvalue weighted by Gasteiger charge is -2.06. The van der Waals surface area contributed by atoms with Crippen LogP contribution in [0.15, 0.2) is 60.7 Å². The number of aromatic nitrogens is 1. The summed E-state index contributed by atoms with van der Waals surface area (Å²) < 4.78 is 0. The van der Waals surface area contributed by atoms with E-state index in [1.54, 1.807) is 0 Å². The number of alkyl halides is 1. The number of rotatable bonds is 5. The highest BCUT2D eigenvalue weighted by Crippen LogP contribution is 2.12. The molecule has 0 atom stereocenters. The maximum Gasteiger partial charge on any atom is 0.0705 e. The standard InChI is InChI=1S/C18H17ClN2/c19-11-14-5-7-15(8-6-14)12-20-13-17-10-9-16-3-1-2-4-18(16)21-17/h1-10,20H,11-13H2. The zero-order valence-corrected chi connectivity index (χ0v) is 12.5. The number of pyridine rings is 1. The second-order valence-electron chi connectivity index (χ2n) is 5.05. The molecule has 0 amide bonds. The van der Waals surface area contributed by atoms with Crippen molar-refractivity contribution in [1.29, 1.82) is 0 Å². The van der Waals surface area contributed by atoms with Crippen molar-refractivity contribution < 1.29 is 0 Å². The monoisotopic (exact) mass is 296 g/mol. The van der Waals surface area contributed by atoms with Crippen molar-refractivity contribution in [3.05, 3.63) is 77.5 Å². The van der Waals surface area contributed by atoms with E-state index in [1.807, 2.05) is 18.2 Å². The van der Waals surface area contributed by atoms with E-state index in [2.05, 4.69) is 52.8 Å². The highest BCUT2D eigenvalue weighted by atomic mass is 35.5. The molecule has 0 aliphatic rings. The second kappa shape index (κ2) is 6.70. The van der Waals surface area contributed by atoms with Crippen molar-refractivity contribution in [3.8, 4) is 0 Å². The van der Waals surface area contributed by atoms with Gasteiger partial charge in [-0.05, 0) is 23.3 Å². The van der Waals surface area contributed by atoms with Gasteiger partial charge in [-0.2, -0.15) is 0 Å². The van der Waals surface area contributed by atoms with Crippen LogP contribution in [-0.4, -0.2) is 4.98 Å². The van der Waals surface area contributed by atoms with Crippen molar-refractivity contribution in [2.75, 3.05) is 0 Å². The number of hydrogen-bond donors (Lipinski definition) is 1. The lowest BCUT2D eigenvalue weighted by atomic mass is 10.1. The van der Waals surface area contributed by atoms with Crippen molar-refractivity contribution in [3.63, 3.8) is 0 Å². The normalized spacial score (nSPS) is 10.9. The van der Waals surface area contributed by atoms with E-state index in [-0.39, 0.29) is 0 Å². The minimum Gasteiger partial charge on any atom is -0.307 e. The van der Waals surface area contributed by atoms with Crippen LogP contribution in [0.5, 0.6) is 0 Å². The molecular formula is C18H17ClN2. The lowest BCUT2D eigenvalue weighted by molar-refractivity contribution is 0.681. The number of nitrogens with zero attached hydrogens (tertiary/aromatic N) is 1. The van der Waals surface area contributed by atoms with Crippen LogP contribution in [0, 0.1) is 0 Å². The van der Waals surface area contributed by atoms with Gasteiger partial charge in [0.1, 0.15) is 0 Å². The van der Waals surface area contributed by atoms with E-state index >= 15 is 0 Å². The number of nitrogens with one attached hydrogen (secondary N) is 1. The van der Waals surface area contributed by atoms with Crippen LogP contribution in [0.25, 0.3) is 10.9 Å². The van der Waals surface area contributed by atoms with Crippen molar-refractivity contribution in [2.24, 2.45) is 0 Å². The minimum atomic E-state index is 0.564. The van der Waals surface area contributed by atoms with E-state index in [0.717, 1.165) is 29.9 Å². The fraction of sp³-hybridized carbons (Fsp3) is 0.167. The average Bonchev–Trinajstić information content (AvgIpc) is 2.55. The molecular weight excluding hydrogens is 280 g/mol. The summed E-state index contributed by atoms with van der Waals surface area (Å²) in [4.78, 5) is 4.65. The van der Waals surface area contributed by atoms with Gasteiger partial charge < -0.3 is 5.32 Å². The van der Waals surface area contributed by atoms with Gasteiger partial charge in [0.2, 0.25) is 0 Å². The van der Waals surface area contributed by atoms with E-state index in [4.69, 9.17) is 11.6 Å². The molecule has 0 unspecified atom stereocenters. The summed E-state index contributed by atoms with van der Waals surface area (Å²) >= 11 is 5.79. The summed E-state index contributed by atoms with van der Waals surface area (Å²) in [6.45, 7) is 1.60. The Morgan fingerprint density at radius 3 is 2.38 bits per heavy atom. The SMILES string of the molecule is ClCc1ccc(CNCc2ccc3ccccc3n2)cc1. The van der Waals surface area contributed by atoms with Crippen molar-refractivity contribution in [1.82, 2.24) is 10.3 Å². The minimum absolute atomic E-state index is 0.564. The van der Waals surface area contributed by atoms with Crippen LogP contribution in [0.4, 0.5) is 0 Å². The number of hydrogen-bond acceptors (Lipinski definition) is 2. The van der Waals surface area contributed by atoms with Gasteiger partial charge in [0, 0.05) is 24.4 Å². The van der Waals surface area contributed by atoms with Gasteiger partial charge in [0.15, 0.2) is 0 Å². The molecule has 2 nitrogen and oxygen atoms in total. The molecule has 0 saturated heterocycles. The molecule has 0 aliphatic carbocycles. The largest absolute Gasteiger partial charge is 0.307 e.